The van der Waals surface area contributed by atoms with Crippen LogP contribution in [0.4, 0.5) is 0 Å². The van der Waals surface area contributed by atoms with E-state index in [4.69, 9.17) is 14.2 Å². The van der Waals surface area contributed by atoms with Gasteiger partial charge >= 0.3 is 0 Å². The lowest BCUT2D eigenvalue weighted by Gasteiger charge is -2.26. The standard InChI is InChI=1S/C27H33NO6/c1-6-7-8-14-28-24(18-10-9-11-20(15-18)34-17(2)3)23(26(30)27(28)31)25(29)19-12-13-21(32-4)22(16-19)33-5/h9-13,15-17,24,29H,6-8,14H2,1-5H3/b25-23+. The Kier molecular flexibility index (Phi) is 8.21. The van der Waals surface area contributed by atoms with Crippen LogP contribution in [0.5, 0.6) is 17.2 Å². The van der Waals surface area contributed by atoms with E-state index in [9.17, 15) is 14.7 Å². The van der Waals surface area contributed by atoms with Gasteiger partial charge < -0.3 is 24.2 Å². The van der Waals surface area contributed by atoms with Crippen molar-refractivity contribution in [1.29, 1.82) is 0 Å². The van der Waals surface area contributed by atoms with Crippen molar-refractivity contribution in [3.8, 4) is 17.2 Å². The molecule has 1 atom stereocenters. The molecule has 2 aromatic carbocycles. The molecule has 0 saturated carbocycles. The predicted molar refractivity (Wildman–Crippen MR) is 130 cm³/mol. The first-order valence-electron chi connectivity index (χ1n) is 11.6. The number of rotatable bonds is 10. The second-order valence-electron chi connectivity index (χ2n) is 8.51. The Bertz CT molecular complexity index is 1070. The number of benzene rings is 2. The van der Waals surface area contributed by atoms with Gasteiger partial charge in [0.25, 0.3) is 11.7 Å². The summed E-state index contributed by atoms with van der Waals surface area (Å²) < 4.78 is 16.5. The van der Waals surface area contributed by atoms with Gasteiger partial charge in [-0.3, -0.25) is 9.59 Å². The SMILES string of the molecule is CCCCCN1C(=O)C(=O)/C(=C(/O)c2ccc(OC)c(OC)c2)C1c1cccc(OC(C)C)c1. The van der Waals surface area contributed by atoms with Gasteiger partial charge in [0.2, 0.25) is 0 Å². The van der Waals surface area contributed by atoms with Crippen LogP contribution in [0.2, 0.25) is 0 Å². The van der Waals surface area contributed by atoms with Crippen molar-refractivity contribution in [2.24, 2.45) is 0 Å². The van der Waals surface area contributed by atoms with E-state index in [1.54, 1.807) is 23.1 Å². The molecule has 1 unspecified atom stereocenters. The minimum Gasteiger partial charge on any atom is -0.507 e. The van der Waals surface area contributed by atoms with Crippen LogP contribution < -0.4 is 14.2 Å². The number of aliphatic hydroxyl groups is 1. The molecular formula is C27H33NO6. The minimum atomic E-state index is -0.722. The van der Waals surface area contributed by atoms with Crippen molar-refractivity contribution in [1.82, 2.24) is 4.90 Å². The predicted octanol–water partition coefficient (Wildman–Crippen LogP) is 5.10. The Balaban J connectivity index is 2.15. The molecule has 1 aliphatic heterocycles. The zero-order valence-electron chi connectivity index (χ0n) is 20.5. The first kappa shape index (κ1) is 25.1. The van der Waals surface area contributed by atoms with Crippen molar-refractivity contribution in [3.05, 3.63) is 59.2 Å². The van der Waals surface area contributed by atoms with Crippen LogP contribution in [0.3, 0.4) is 0 Å². The number of hydrogen-bond acceptors (Lipinski definition) is 6. The van der Waals surface area contributed by atoms with Gasteiger partial charge in [-0.1, -0.05) is 31.9 Å². The molecule has 3 rings (SSSR count). The van der Waals surface area contributed by atoms with Gasteiger partial charge in [-0.2, -0.15) is 0 Å². The largest absolute Gasteiger partial charge is 0.507 e. The van der Waals surface area contributed by atoms with Crippen LogP contribution in [-0.4, -0.2) is 48.6 Å². The third-order valence-corrected chi connectivity index (χ3v) is 5.75. The number of hydrogen-bond donors (Lipinski definition) is 1. The number of unbranched alkanes of at least 4 members (excludes halogenated alkanes) is 2. The first-order valence-corrected chi connectivity index (χ1v) is 11.6. The highest BCUT2D eigenvalue weighted by Crippen LogP contribution is 2.41. The average Bonchev–Trinajstić information content (AvgIpc) is 3.08. The summed E-state index contributed by atoms with van der Waals surface area (Å²) in [5, 5.41) is 11.3. The maximum absolute atomic E-state index is 13.2. The van der Waals surface area contributed by atoms with Gasteiger partial charge in [-0.05, 0) is 56.2 Å². The second kappa shape index (κ2) is 11.1. The lowest BCUT2D eigenvalue weighted by atomic mass is 9.95. The maximum Gasteiger partial charge on any atom is 0.295 e. The van der Waals surface area contributed by atoms with Crippen molar-refractivity contribution in [2.75, 3.05) is 20.8 Å². The summed E-state index contributed by atoms with van der Waals surface area (Å²) in [7, 11) is 3.01. The fourth-order valence-electron chi connectivity index (χ4n) is 4.16. The number of aliphatic hydroxyl groups excluding tert-OH is 1. The van der Waals surface area contributed by atoms with Gasteiger partial charge in [0, 0.05) is 12.1 Å². The van der Waals surface area contributed by atoms with E-state index in [2.05, 4.69) is 6.92 Å². The smallest absolute Gasteiger partial charge is 0.295 e. The third-order valence-electron chi connectivity index (χ3n) is 5.75. The van der Waals surface area contributed by atoms with E-state index in [0.717, 1.165) is 19.3 Å². The maximum atomic E-state index is 13.2. The van der Waals surface area contributed by atoms with Crippen LogP contribution >= 0.6 is 0 Å². The third kappa shape index (κ3) is 5.19. The molecule has 0 bridgehead atoms. The van der Waals surface area contributed by atoms with E-state index in [1.165, 1.54) is 14.2 Å². The molecular weight excluding hydrogens is 434 g/mol. The molecule has 1 aliphatic rings. The molecule has 0 aliphatic carbocycles. The molecule has 7 nitrogen and oxygen atoms in total. The number of amides is 1. The molecule has 1 amide bonds. The van der Waals surface area contributed by atoms with E-state index >= 15 is 0 Å². The highest BCUT2D eigenvalue weighted by Gasteiger charge is 2.46. The van der Waals surface area contributed by atoms with Crippen LogP contribution in [0.1, 0.15) is 57.2 Å². The number of methoxy groups -OCH3 is 2. The van der Waals surface area contributed by atoms with Crippen molar-refractivity contribution >= 4 is 17.4 Å². The first-order chi connectivity index (χ1) is 16.3. The number of carbonyl (C=O) groups is 2. The monoisotopic (exact) mass is 467 g/mol. The van der Waals surface area contributed by atoms with Crippen molar-refractivity contribution < 1.29 is 28.9 Å². The molecule has 1 heterocycles. The van der Waals surface area contributed by atoms with Gasteiger partial charge in [0.1, 0.15) is 11.5 Å². The summed E-state index contributed by atoms with van der Waals surface area (Å²) in [6, 6.07) is 11.5. The van der Waals surface area contributed by atoms with E-state index in [-0.39, 0.29) is 17.4 Å². The number of Topliss-reactive ketones (excluding diaryl/α,β-unsaturated/α-hetero) is 1. The lowest BCUT2D eigenvalue weighted by Crippen LogP contribution is -2.30. The molecule has 182 valence electrons. The molecule has 0 spiro atoms. The molecule has 1 saturated heterocycles. The molecule has 34 heavy (non-hydrogen) atoms. The minimum absolute atomic E-state index is 0.0297. The van der Waals surface area contributed by atoms with Crippen LogP contribution in [0, 0.1) is 0 Å². The van der Waals surface area contributed by atoms with Gasteiger partial charge in [0.05, 0.1) is 31.9 Å². The Morgan fingerprint density at radius 2 is 1.76 bits per heavy atom. The summed E-state index contributed by atoms with van der Waals surface area (Å²) >= 11 is 0. The van der Waals surface area contributed by atoms with Crippen molar-refractivity contribution in [3.63, 3.8) is 0 Å². The number of ether oxygens (including phenoxy) is 3. The normalized spacial score (nSPS) is 17.4. The fraction of sp³-hybridized carbons (Fsp3) is 0.407. The van der Waals surface area contributed by atoms with E-state index in [0.29, 0.717) is 34.9 Å². The topological polar surface area (TPSA) is 85.3 Å². The zero-order chi connectivity index (χ0) is 24.8. The molecule has 0 radical (unpaired) electrons. The molecule has 1 N–H and O–H groups in total. The van der Waals surface area contributed by atoms with Gasteiger partial charge in [-0.15, -0.1) is 0 Å². The molecule has 2 aromatic rings. The Morgan fingerprint density at radius 3 is 2.41 bits per heavy atom. The average molecular weight is 468 g/mol. The molecule has 0 aromatic heterocycles. The highest BCUT2D eigenvalue weighted by molar-refractivity contribution is 6.46. The van der Waals surface area contributed by atoms with E-state index in [1.807, 2.05) is 38.1 Å². The van der Waals surface area contributed by atoms with Crippen LogP contribution in [-0.2, 0) is 9.59 Å². The molecule has 1 fully saturated rings. The highest BCUT2D eigenvalue weighted by atomic mass is 16.5. The zero-order valence-corrected chi connectivity index (χ0v) is 20.5. The molecule has 7 heteroatoms. The Morgan fingerprint density at radius 1 is 1.03 bits per heavy atom. The Hall–Kier alpha value is -3.48. The summed E-state index contributed by atoms with van der Waals surface area (Å²) in [6.07, 6.45) is 2.65. The Labute approximate surface area is 200 Å². The number of carbonyl (C=O) groups excluding carboxylic acids is 2. The summed E-state index contributed by atoms with van der Waals surface area (Å²) in [6.45, 7) is 6.36. The van der Waals surface area contributed by atoms with E-state index < -0.39 is 17.7 Å². The summed E-state index contributed by atoms with van der Waals surface area (Å²) in [5.74, 6) is -0.0285. The number of nitrogens with zero attached hydrogens (tertiary/aromatic N) is 1. The van der Waals surface area contributed by atoms with Gasteiger partial charge in [-0.25, -0.2) is 0 Å². The quantitative estimate of drug-likeness (QED) is 0.226. The summed E-state index contributed by atoms with van der Waals surface area (Å²) in [5.41, 5.74) is 1.12. The summed E-state index contributed by atoms with van der Waals surface area (Å²) in [4.78, 5) is 27.8. The second-order valence-corrected chi connectivity index (χ2v) is 8.51. The number of ketones is 1. The van der Waals surface area contributed by atoms with Crippen LogP contribution in [0.15, 0.2) is 48.0 Å². The number of likely N-dealkylation sites (tertiary alicyclic amines) is 1. The lowest BCUT2D eigenvalue weighted by molar-refractivity contribution is -0.139. The van der Waals surface area contributed by atoms with Crippen LogP contribution in [0.25, 0.3) is 5.76 Å². The van der Waals surface area contributed by atoms with Crippen molar-refractivity contribution in [2.45, 2.75) is 52.2 Å². The van der Waals surface area contributed by atoms with Gasteiger partial charge in [0.15, 0.2) is 11.5 Å². The fourth-order valence-corrected chi connectivity index (χ4v) is 4.16.